The summed E-state index contributed by atoms with van der Waals surface area (Å²) < 4.78 is 0. The Labute approximate surface area is 179 Å². The summed E-state index contributed by atoms with van der Waals surface area (Å²) >= 11 is 5.29. The highest BCUT2D eigenvalue weighted by atomic mass is 32.1. The number of aromatic nitrogens is 2. The molecule has 3 N–H and O–H groups in total. The summed E-state index contributed by atoms with van der Waals surface area (Å²) in [6, 6.07) is 22.6. The molecule has 0 aliphatic heterocycles. The van der Waals surface area contributed by atoms with Gasteiger partial charge in [0.15, 0.2) is 5.11 Å². The lowest BCUT2D eigenvalue weighted by molar-refractivity contribution is 0.0946. The molecule has 4 aromatic rings. The minimum atomic E-state index is -0.320. The van der Waals surface area contributed by atoms with Gasteiger partial charge < -0.3 is 5.32 Å². The second-order valence-electron chi connectivity index (χ2n) is 6.69. The Morgan fingerprint density at radius 3 is 2.53 bits per heavy atom. The van der Waals surface area contributed by atoms with Gasteiger partial charge in [-0.25, -0.2) is 4.98 Å². The Morgan fingerprint density at radius 2 is 1.73 bits per heavy atom. The molecule has 0 fully saturated rings. The van der Waals surface area contributed by atoms with Gasteiger partial charge in [-0.2, -0.15) is 0 Å². The molecule has 0 aliphatic rings. The quantitative estimate of drug-likeness (QED) is 0.344. The van der Waals surface area contributed by atoms with E-state index in [0.29, 0.717) is 22.5 Å². The van der Waals surface area contributed by atoms with Gasteiger partial charge >= 0.3 is 0 Å². The van der Waals surface area contributed by atoms with Crippen LogP contribution in [-0.2, 0) is 0 Å². The molecule has 0 unspecified atom stereocenters. The van der Waals surface area contributed by atoms with Crippen LogP contribution in [0.25, 0.3) is 22.3 Å². The van der Waals surface area contributed by atoms with Crippen molar-refractivity contribution in [3.05, 3.63) is 90.1 Å². The molecule has 0 radical (unpaired) electrons. The van der Waals surface area contributed by atoms with Crippen LogP contribution in [0.15, 0.2) is 79.0 Å². The fourth-order valence-electron chi connectivity index (χ4n) is 3.07. The lowest BCUT2D eigenvalue weighted by atomic mass is 10.1. The number of hydrazine groups is 1. The van der Waals surface area contributed by atoms with Crippen LogP contribution >= 0.6 is 12.2 Å². The number of para-hydroxylation sites is 1. The SMILES string of the molecule is Cc1cccc(NC(=S)NNC(=O)c2cc(-c3ccccn3)nc3ccccc23)c1. The van der Waals surface area contributed by atoms with Gasteiger partial charge in [0.2, 0.25) is 0 Å². The third-order valence-corrected chi connectivity index (χ3v) is 4.66. The molecular weight excluding hydrogens is 394 g/mol. The number of pyridine rings is 2. The molecule has 0 aliphatic carbocycles. The number of nitrogens with one attached hydrogen (secondary N) is 3. The number of aryl methyl sites for hydroxylation is 1. The maximum atomic E-state index is 12.9. The average Bonchev–Trinajstić information content (AvgIpc) is 2.77. The minimum Gasteiger partial charge on any atom is -0.331 e. The third kappa shape index (κ3) is 4.42. The number of thiocarbonyl (C=S) groups is 1. The summed E-state index contributed by atoms with van der Waals surface area (Å²) in [4.78, 5) is 21.9. The van der Waals surface area contributed by atoms with Crippen molar-refractivity contribution in [3.8, 4) is 11.4 Å². The molecule has 30 heavy (non-hydrogen) atoms. The standard InChI is InChI=1S/C23H19N5OS/c1-15-7-6-8-16(13-15)25-23(30)28-27-22(29)18-14-21(20-11-4-5-12-24-20)26-19-10-3-2-9-17(18)19/h2-14H,1H3,(H,27,29)(H2,25,28,30). The van der Waals surface area contributed by atoms with Gasteiger partial charge in [0.05, 0.1) is 22.5 Å². The number of fused-ring (bicyclic) bond motifs is 1. The summed E-state index contributed by atoms with van der Waals surface area (Å²) in [7, 11) is 0. The highest BCUT2D eigenvalue weighted by Gasteiger charge is 2.14. The van der Waals surface area contributed by atoms with Crippen LogP contribution in [-0.4, -0.2) is 21.0 Å². The number of rotatable bonds is 3. The van der Waals surface area contributed by atoms with E-state index in [0.717, 1.165) is 16.6 Å². The number of hydrogen-bond acceptors (Lipinski definition) is 4. The number of anilines is 1. The van der Waals surface area contributed by atoms with Crippen molar-refractivity contribution < 1.29 is 4.79 Å². The van der Waals surface area contributed by atoms with Crippen molar-refractivity contribution in [3.63, 3.8) is 0 Å². The van der Waals surface area contributed by atoms with Gasteiger partial charge in [0, 0.05) is 17.3 Å². The molecule has 2 aromatic heterocycles. The maximum absolute atomic E-state index is 12.9. The molecule has 0 atom stereocenters. The highest BCUT2D eigenvalue weighted by Crippen LogP contribution is 2.23. The van der Waals surface area contributed by atoms with Crippen LogP contribution in [0.5, 0.6) is 0 Å². The van der Waals surface area contributed by atoms with Crippen molar-refractivity contribution in [2.45, 2.75) is 6.92 Å². The zero-order valence-electron chi connectivity index (χ0n) is 16.2. The topological polar surface area (TPSA) is 78.9 Å². The Bertz CT molecular complexity index is 1230. The first-order valence-corrected chi connectivity index (χ1v) is 9.76. The van der Waals surface area contributed by atoms with Gasteiger partial charge in [-0.15, -0.1) is 0 Å². The van der Waals surface area contributed by atoms with Crippen LogP contribution in [0.1, 0.15) is 15.9 Å². The molecule has 0 bridgehead atoms. The van der Waals surface area contributed by atoms with E-state index in [1.807, 2.05) is 73.7 Å². The number of carbonyl (C=O) groups excluding carboxylic acids is 1. The number of benzene rings is 2. The molecule has 4 rings (SSSR count). The minimum absolute atomic E-state index is 0.289. The first-order chi connectivity index (χ1) is 14.6. The van der Waals surface area contributed by atoms with E-state index in [2.05, 4.69) is 26.1 Å². The fraction of sp³-hybridized carbons (Fsp3) is 0.0435. The zero-order valence-corrected chi connectivity index (χ0v) is 17.0. The van der Waals surface area contributed by atoms with Crippen molar-refractivity contribution in [2.75, 3.05) is 5.32 Å². The van der Waals surface area contributed by atoms with Crippen molar-refractivity contribution in [1.29, 1.82) is 0 Å². The van der Waals surface area contributed by atoms with E-state index >= 15 is 0 Å². The Hall–Kier alpha value is -3.84. The summed E-state index contributed by atoms with van der Waals surface area (Å²) in [5, 5.41) is 4.08. The van der Waals surface area contributed by atoms with E-state index in [1.54, 1.807) is 12.3 Å². The predicted molar refractivity (Wildman–Crippen MR) is 123 cm³/mol. The molecule has 0 saturated heterocycles. The van der Waals surface area contributed by atoms with Gasteiger partial charge in [-0.05, 0) is 61.1 Å². The van der Waals surface area contributed by atoms with Crippen molar-refractivity contribution >= 4 is 39.8 Å². The Kier molecular flexibility index (Phi) is 5.63. The lowest BCUT2D eigenvalue weighted by Crippen LogP contribution is -2.43. The first-order valence-electron chi connectivity index (χ1n) is 9.35. The van der Waals surface area contributed by atoms with E-state index in [9.17, 15) is 4.79 Å². The summed E-state index contributed by atoms with van der Waals surface area (Å²) in [5.74, 6) is -0.320. The van der Waals surface area contributed by atoms with Gasteiger partial charge in [-0.3, -0.25) is 20.6 Å². The van der Waals surface area contributed by atoms with Crippen molar-refractivity contribution in [2.24, 2.45) is 0 Å². The number of carbonyl (C=O) groups is 1. The molecule has 6 nitrogen and oxygen atoms in total. The molecule has 1 amide bonds. The molecule has 0 saturated carbocycles. The van der Waals surface area contributed by atoms with E-state index in [1.165, 1.54) is 0 Å². The molecule has 2 heterocycles. The van der Waals surface area contributed by atoms with Crippen LogP contribution in [0.3, 0.4) is 0 Å². The second kappa shape index (κ2) is 8.67. The normalized spacial score (nSPS) is 10.4. The molecule has 148 valence electrons. The van der Waals surface area contributed by atoms with Crippen LogP contribution < -0.4 is 16.2 Å². The average molecular weight is 414 g/mol. The predicted octanol–water partition coefficient (Wildman–Crippen LogP) is 4.24. The zero-order chi connectivity index (χ0) is 20.9. The monoisotopic (exact) mass is 413 g/mol. The third-order valence-electron chi connectivity index (χ3n) is 4.45. The summed E-state index contributed by atoms with van der Waals surface area (Å²) in [5.41, 5.74) is 9.88. The van der Waals surface area contributed by atoms with E-state index < -0.39 is 0 Å². The van der Waals surface area contributed by atoms with Crippen molar-refractivity contribution in [1.82, 2.24) is 20.8 Å². The van der Waals surface area contributed by atoms with Crippen LogP contribution in [0.2, 0.25) is 0 Å². The van der Waals surface area contributed by atoms with E-state index in [4.69, 9.17) is 12.2 Å². The molecule has 7 heteroatoms. The van der Waals surface area contributed by atoms with Gasteiger partial charge in [0.25, 0.3) is 5.91 Å². The number of hydrogen-bond donors (Lipinski definition) is 3. The largest absolute Gasteiger partial charge is 0.331 e. The van der Waals surface area contributed by atoms with Crippen LogP contribution in [0, 0.1) is 6.92 Å². The van der Waals surface area contributed by atoms with E-state index in [-0.39, 0.29) is 11.0 Å². The molecular formula is C23H19N5OS. The lowest BCUT2D eigenvalue weighted by Gasteiger charge is -2.13. The Morgan fingerprint density at radius 1 is 0.900 bits per heavy atom. The first kappa shape index (κ1) is 19.5. The van der Waals surface area contributed by atoms with Gasteiger partial charge in [0.1, 0.15) is 0 Å². The van der Waals surface area contributed by atoms with Crippen LogP contribution in [0.4, 0.5) is 5.69 Å². The molecule has 2 aromatic carbocycles. The number of nitrogens with zero attached hydrogens (tertiary/aromatic N) is 2. The summed E-state index contributed by atoms with van der Waals surface area (Å²) in [6.45, 7) is 2.00. The maximum Gasteiger partial charge on any atom is 0.270 e. The Balaban J connectivity index is 1.56. The fourth-order valence-corrected chi connectivity index (χ4v) is 3.24. The highest BCUT2D eigenvalue weighted by molar-refractivity contribution is 7.80. The molecule has 0 spiro atoms. The smallest absolute Gasteiger partial charge is 0.270 e. The number of amides is 1. The second-order valence-corrected chi connectivity index (χ2v) is 7.10. The van der Waals surface area contributed by atoms with Gasteiger partial charge in [-0.1, -0.05) is 36.4 Å². The summed E-state index contributed by atoms with van der Waals surface area (Å²) in [6.07, 6.45) is 1.70.